The van der Waals surface area contributed by atoms with Crippen molar-refractivity contribution < 1.29 is 43.7 Å². The summed E-state index contributed by atoms with van der Waals surface area (Å²) in [4.78, 5) is 49.0. The van der Waals surface area contributed by atoms with Gasteiger partial charge in [0.15, 0.2) is 0 Å². The molecule has 0 aliphatic carbocycles. The van der Waals surface area contributed by atoms with Crippen LogP contribution in [0.5, 0.6) is 0 Å². The fourth-order valence-corrected chi connectivity index (χ4v) is 3.87. The Bertz CT molecular complexity index is 477. The van der Waals surface area contributed by atoms with Crippen molar-refractivity contribution in [3.8, 4) is 0 Å². The molecule has 6 N–H and O–H groups in total. The van der Waals surface area contributed by atoms with Gasteiger partial charge < -0.3 is 29.8 Å². The van der Waals surface area contributed by atoms with Gasteiger partial charge >= 0.3 is 21.2 Å². The van der Waals surface area contributed by atoms with Crippen molar-refractivity contribution in [1.29, 1.82) is 0 Å². The first kappa shape index (κ1) is 21.2. The molecule has 0 amide bonds. The van der Waals surface area contributed by atoms with E-state index < -0.39 is 51.8 Å². The molecule has 0 bridgehead atoms. The number of nitrogens with zero attached hydrogens (tertiary/aromatic N) is 1. The summed E-state index contributed by atoms with van der Waals surface area (Å²) in [7, 11) is -10.0. The van der Waals surface area contributed by atoms with Crippen molar-refractivity contribution in [2.24, 2.45) is 0 Å². The monoisotopic (exact) mass is 359 g/mol. The maximum Gasteiger partial charge on any atom is 0.346 e. The van der Waals surface area contributed by atoms with Crippen LogP contribution in [0.3, 0.4) is 0 Å². The molecule has 0 heterocycles. The van der Waals surface area contributed by atoms with Gasteiger partial charge in [-0.1, -0.05) is 12.2 Å². The fourth-order valence-electron chi connectivity index (χ4n) is 1.91. The van der Waals surface area contributed by atoms with Gasteiger partial charge in [0, 0.05) is 6.61 Å². The van der Waals surface area contributed by atoms with E-state index in [0.717, 1.165) is 0 Å². The third kappa shape index (κ3) is 5.42. The molecule has 0 rings (SSSR count). The van der Waals surface area contributed by atoms with E-state index in [2.05, 4.69) is 13.2 Å². The second-order valence-electron chi connectivity index (χ2n) is 4.29. The van der Waals surface area contributed by atoms with E-state index in [0.29, 0.717) is 17.1 Å². The number of carboxylic acid groups (broad SMARTS) is 1. The number of rotatable bonds is 10. The Morgan fingerprint density at radius 2 is 1.41 bits per heavy atom. The number of aliphatic hydroxyl groups excluding tert-OH is 1. The first-order valence-electron chi connectivity index (χ1n) is 5.88. The topological polar surface area (TPSA) is 176 Å². The van der Waals surface area contributed by atoms with Crippen LogP contribution in [0.2, 0.25) is 0 Å². The van der Waals surface area contributed by atoms with E-state index in [1.165, 1.54) is 0 Å². The van der Waals surface area contributed by atoms with Gasteiger partial charge in [-0.05, 0) is 6.42 Å². The van der Waals surface area contributed by atoms with Crippen molar-refractivity contribution in [2.45, 2.75) is 24.0 Å². The molecule has 0 aliphatic heterocycles. The summed E-state index contributed by atoms with van der Waals surface area (Å²) in [6.45, 7) is 5.67. The third-order valence-corrected chi connectivity index (χ3v) is 5.10. The molecule has 0 aromatic carbocycles. The van der Waals surface area contributed by atoms with E-state index in [9.17, 15) is 33.5 Å². The highest BCUT2D eigenvalue weighted by Crippen LogP contribution is 2.52. The van der Waals surface area contributed by atoms with Crippen molar-refractivity contribution >= 4 is 21.2 Å². The summed E-state index contributed by atoms with van der Waals surface area (Å²) >= 11 is 0. The third-order valence-electron chi connectivity index (χ3n) is 2.77. The highest BCUT2D eigenvalue weighted by Gasteiger charge is 2.47. The molecule has 2 unspecified atom stereocenters. The predicted molar refractivity (Wildman–Crippen MR) is 77.0 cm³/mol. The molecular weight excluding hydrogens is 340 g/mol. The SMILES string of the molecule is C=CC(N(C(C=C)P(=O)(O)O)[C@@H](CCO)C(=O)O)P(=O)(O)O. The summed E-state index contributed by atoms with van der Waals surface area (Å²) in [5, 5.41) is 18.1. The molecule has 3 atom stereocenters. The molecular formula is C10H19NO9P2. The minimum Gasteiger partial charge on any atom is -0.480 e. The van der Waals surface area contributed by atoms with Gasteiger partial charge in [0.2, 0.25) is 0 Å². The lowest BCUT2D eigenvalue weighted by Gasteiger charge is -2.38. The summed E-state index contributed by atoms with van der Waals surface area (Å²) in [6, 6.07) is -1.77. The summed E-state index contributed by atoms with van der Waals surface area (Å²) in [5.74, 6) is -5.57. The Hall–Kier alpha value is -0.830. The Balaban J connectivity index is 6.22. The lowest BCUT2D eigenvalue weighted by atomic mass is 10.1. The number of aliphatic hydroxyl groups is 1. The average Bonchev–Trinajstić information content (AvgIpc) is 2.32. The van der Waals surface area contributed by atoms with E-state index >= 15 is 0 Å². The van der Waals surface area contributed by atoms with E-state index in [-0.39, 0.29) is 0 Å². The molecule has 0 aromatic heterocycles. The standard InChI is InChI=1S/C10H19NO9P2/c1-3-8(21(15,16)17)11(7(5-6-12)10(13)14)9(4-2)22(18,19)20/h3-4,7-9,12H,1-2,5-6H2,(H,13,14)(H2,15,16,17)(H2,18,19,20)/t7-,8?,9?/m0/s1. The first-order valence-corrected chi connectivity index (χ1v) is 9.24. The van der Waals surface area contributed by atoms with Gasteiger partial charge in [-0.25, -0.2) is 0 Å². The van der Waals surface area contributed by atoms with E-state index in [1.807, 2.05) is 0 Å². The highest BCUT2D eigenvalue weighted by atomic mass is 31.2. The Labute approximate surface area is 126 Å². The molecule has 0 aromatic rings. The summed E-state index contributed by atoms with van der Waals surface area (Å²) in [6.07, 6.45) is 0.879. The molecule has 0 saturated heterocycles. The van der Waals surface area contributed by atoms with Crippen molar-refractivity contribution in [2.75, 3.05) is 6.61 Å². The van der Waals surface area contributed by atoms with Gasteiger partial charge in [-0.15, -0.1) is 13.2 Å². The van der Waals surface area contributed by atoms with Crippen LogP contribution < -0.4 is 0 Å². The molecule has 0 radical (unpaired) electrons. The number of aliphatic carboxylic acids is 1. The summed E-state index contributed by atoms with van der Waals surface area (Å²) < 4.78 is 23.0. The molecule has 10 nitrogen and oxygen atoms in total. The van der Waals surface area contributed by atoms with Gasteiger partial charge in [0.1, 0.15) is 17.6 Å². The number of carbonyl (C=O) groups is 1. The molecule has 0 saturated carbocycles. The summed E-state index contributed by atoms with van der Waals surface area (Å²) in [5.41, 5.74) is 0. The highest BCUT2D eigenvalue weighted by molar-refractivity contribution is 7.53. The predicted octanol–water partition coefficient (Wildman–Crippen LogP) is -0.496. The molecule has 0 aliphatic rings. The minimum atomic E-state index is -5.01. The van der Waals surface area contributed by atoms with Crippen LogP contribution in [-0.2, 0) is 13.9 Å². The van der Waals surface area contributed by atoms with Crippen LogP contribution in [0.15, 0.2) is 25.3 Å². The normalized spacial score (nSPS) is 16.8. The van der Waals surface area contributed by atoms with Crippen LogP contribution in [0.1, 0.15) is 6.42 Å². The molecule has 22 heavy (non-hydrogen) atoms. The maximum absolute atomic E-state index is 11.5. The Morgan fingerprint density at radius 1 is 1.05 bits per heavy atom. The zero-order valence-electron chi connectivity index (χ0n) is 11.5. The quantitative estimate of drug-likeness (QED) is 0.220. The van der Waals surface area contributed by atoms with Crippen molar-refractivity contribution in [1.82, 2.24) is 4.90 Å². The number of carboxylic acids is 1. The Kier molecular flexibility index (Phi) is 7.84. The smallest absolute Gasteiger partial charge is 0.346 e. The van der Waals surface area contributed by atoms with Gasteiger partial charge in [-0.3, -0.25) is 18.8 Å². The van der Waals surface area contributed by atoms with Crippen LogP contribution in [0, 0.1) is 0 Å². The van der Waals surface area contributed by atoms with Gasteiger partial charge in [0.25, 0.3) is 0 Å². The molecule has 12 heteroatoms. The van der Waals surface area contributed by atoms with Crippen molar-refractivity contribution in [3.63, 3.8) is 0 Å². The van der Waals surface area contributed by atoms with Crippen molar-refractivity contribution in [3.05, 3.63) is 25.3 Å². The lowest BCUT2D eigenvalue weighted by Crippen LogP contribution is -2.51. The minimum absolute atomic E-state index is 0.417. The fraction of sp³-hybridized carbons (Fsp3) is 0.500. The Morgan fingerprint density at radius 3 is 1.59 bits per heavy atom. The van der Waals surface area contributed by atoms with E-state index in [4.69, 9.17) is 10.2 Å². The van der Waals surface area contributed by atoms with Crippen LogP contribution in [0.4, 0.5) is 0 Å². The zero-order chi connectivity index (χ0) is 17.7. The van der Waals surface area contributed by atoms with Gasteiger partial charge in [0.05, 0.1) is 0 Å². The van der Waals surface area contributed by atoms with Crippen LogP contribution >= 0.6 is 15.2 Å². The maximum atomic E-state index is 11.5. The molecule has 128 valence electrons. The van der Waals surface area contributed by atoms with Crippen LogP contribution in [-0.4, -0.2) is 64.9 Å². The number of hydrogen-bond acceptors (Lipinski definition) is 5. The number of hydrogen-bond donors (Lipinski definition) is 6. The van der Waals surface area contributed by atoms with Gasteiger partial charge in [-0.2, -0.15) is 0 Å². The lowest BCUT2D eigenvalue weighted by molar-refractivity contribution is -0.144. The zero-order valence-corrected chi connectivity index (χ0v) is 13.3. The van der Waals surface area contributed by atoms with E-state index in [1.54, 1.807) is 0 Å². The largest absolute Gasteiger partial charge is 0.480 e. The molecule has 0 spiro atoms. The average molecular weight is 359 g/mol. The second-order valence-corrected chi connectivity index (χ2v) is 7.70. The first-order chi connectivity index (χ1) is 9.91. The second kappa shape index (κ2) is 8.14. The van der Waals surface area contributed by atoms with Crippen LogP contribution in [0.25, 0.3) is 0 Å². The molecule has 0 fully saturated rings.